The van der Waals surface area contributed by atoms with Gasteiger partial charge in [0.1, 0.15) is 0 Å². The maximum Gasteiger partial charge on any atom is 0.0444 e. The molecular formula is C14H14BrN. The third kappa shape index (κ3) is 1.63. The van der Waals surface area contributed by atoms with Gasteiger partial charge in [0, 0.05) is 24.8 Å². The Labute approximate surface area is 106 Å². The Balaban J connectivity index is 0.000000963. The van der Waals surface area contributed by atoms with Crippen LogP contribution in [0, 0.1) is 0 Å². The third-order valence-corrected chi connectivity index (χ3v) is 3.09. The molecular weight excluding hydrogens is 262 g/mol. The van der Waals surface area contributed by atoms with Gasteiger partial charge in [-0.2, -0.15) is 0 Å². The maximum atomic E-state index is 2.27. The minimum atomic E-state index is 0. The molecule has 1 aliphatic rings. The molecule has 16 heavy (non-hydrogen) atoms. The first-order chi connectivity index (χ1) is 7.36. The van der Waals surface area contributed by atoms with Crippen molar-refractivity contribution in [1.29, 1.82) is 0 Å². The van der Waals surface area contributed by atoms with Crippen molar-refractivity contribution in [3.63, 3.8) is 0 Å². The average Bonchev–Trinajstić information content (AvgIpc) is 2.30. The summed E-state index contributed by atoms with van der Waals surface area (Å²) < 4.78 is 0. The summed E-state index contributed by atoms with van der Waals surface area (Å²) in [5.74, 6) is 0. The van der Waals surface area contributed by atoms with Crippen molar-refractivity contribution < 1.29 is 0 Å². The SMILES string of the molecule is Br.CN1c2ccccc2Cc2ccccc21. The van der Waals surface area contributed by atoms with Gasteiger partial charge in [0.2, 0.25) is 0 Å². The molecule has 0 aliphatic carbocycles. The Morgan fingerprint density at radius 3 is 1.75 bits per heavy atom. The molecule has 1 nitrogen and oxygen atoms in total. The number of hydrogen-bond acceptors (Lipinski definition) is 1. The van der Waals surface area contributed by atoms with E-state index in [1.165, 1.54) is 22.5 Å². The molecule has 0 aromatic heterocycles. The summed E-state index contributed by atoms with van der Waals surface area (Å²) in [6.45, 7) is 0. The molecule has 0 saturated carbocycles. The van der Waals surface area contributed by atoms with Crippen LogP contribution in [0.3, 0.4) is 0 Å². The van der Waals surface area contributed by atoms with E-state index < -0.39 is 0 Å². The molecule has 0 saturated heterocycles. The van der Waals surface area contributed by atoms with Crippen molar-refractivity contribution in [2.45, 2.75) is 6.42 Å². The smallest absolute Gasteiger partial charge is 0.0444 e. The Hall–Kier alpha value is -1.28. The Kier molecular flexibility index (Phi) is 3.01. The van der Waals surface area contributed by atoms with Crippen LogP contribution in [0.25, 0.3) is 0 Å². The lowest BCUT2D eigenvalue weighted by molar-refractivity contribution is 1.06. The molecule has 0 N–H and O–H groups in total. The van der Waals surface area contributed by atoms with Gasteiger partial charge < -0.3 is 4.90 Å². The first kappa shape index (κ1) is 11.2. The fourth-order valence-corrected chi connectivity index (χ4v) is 2.31. The fraction of sp³-hybridized carbons (Fsp3) is 0.143. The molecule has 0 spiro atoms. The van der Waals surface area contributed by atoms with Gasteiger partial charge in [-0.1, -0.05) is 36.4 Å². The fourth-order valence-electron chi connectivity index (χ4n) is 2.31. The van der Waals surface area contributed by atoms with Crippen LogP contribution in [0.15, 0.2) is 48.5 Å². The lowest BCUT2D eigenvalue weighted by atomic mass is 9.96. The highest BCUT2D eigenvalue weighted by Crippen LogP contribution is 2.36. The van der Waals surface area contributed by atoms with Gasteiger partial charge in [-0.25, -0.2) is 0 Å². The molecule has 0 radical (unpaired) electrons. The van der Waals surface area contributed by atoms with Gasteiger partial charge in [0.05, 0.1) is 0 Å². The molecule has 0 fully saturated rings. The predicted octanol–water partition coefficient (Wildman–Crippen LogP) is 3.94. The first-order valence-electron chi connectivity index (χ1n) is 5.26. The summed E-state index contributed by atoms with van der Waals surface area (Å²) in [6.07, 6.45) is 1.05. The van der Waals surface area contributed by atoms with Crippen LogP contribution in [-0.4, -0.2) is 7.05 Å². The second-order valence-electron chi connectivity index (χ2n) is 3.99. The molecule has 3 rings (SSSR count). The second kappa shape index (κ2) is 4.30. The van der Waals surface area contributed by atoms with E-state index in [4.69, 9.17) is 0 Å². The summed E-state index contributed by atoms with van der Waals surface area (Å²) in [5, 5.41) is 0. The maximum absolute atomic E-state index is 2.27. The molecule has 0 atom stereocenters. The minimum Gasteiger partial charge on any atom is -0.344 e. The Morgan fingerprint density at radius 2 is 1.25 bits per heavy atom. The largest absolute Gasteiger partial charge is 0.344 e. The van der Waals surface area contributed by atoms with Gasteiger partial charge in [-0.05, 0) is 23.3 Å². The quantitative estimate of drug-likeness (QED) is 0.704. The number of benzene rings is 2. The van der Waals surface area contributed by atoms with E-state index >= 15 is 0 Å². The molecule has 2 heteroatoms. The molecule has 0 unspecified atom stereocenters. The van der Waals surface area contributed by atoms with Crippen LogP contribution in [-0.2, 0) is 6.42 Å². The lowest BCUT2D eigenvalue weighted by Gasteiger charge is -2.29. The van der Waals surface area contributed by atoms with E-state index in [2.05, 4.69) is 60.5 Å². The van der Waals surface area contributed by atoms with Crippen LogP contribution in [0.1, 0.15) is 11.1 Å². The number of anilines is 2. The standard InChI is InChI=1S/C14H13N.BrH/c1-15-13-8-4-2-6-11(13)10-12-7-3-5-9-14(12)15;/h2-9H,10H2,1H3;1H. The highest BCUT2D eigenvalue weighted by molar-refractivity contribution is 8.93. The number of hydrogen-bond donors (Lipinski definition) is 0. The summed E-state index contributed by atoms with van der Waals surface area (Å²) in [7, 11) is 2.14. The van der Waals surface area contributed by atoms with Crippen LogP contribution < -0.4 is 4.90 Å². The average molecular weight is 276 g/mol. The number of rotatable bonds is 0. The molecule has 2 aromatic rings. The molecule has 1 aliphatic heterocycles. The predicted molar refractivity (Wildman–Crippen MR) is 74.1 cm³/mol. The molecule has 0 amide bonds. The normalized spacial score (nSPS) is 12.4. The summed E-state index contributed by atoms with van der Waals surface area (Å²) in [6, 6.07) is 17.2. The van der Waals surface area contributed by atoms with Crippen LogP contribution in [0.4, 0.5) is 11.4 Å². The number of halogens is 1. The third-order valence-electron chi connectivity index (χ3n) is 3.09. The van der Waals surface area contributed by atoms with Crippen molar-refractivity contribution in [2.24, 2.45) is 0 Å². The summed E-state index contributed by atoms with van der Waals surface area (Å²) in [4.78, 5) is 2.27. The van der Waals surface area contributed by atoms with Crippen LogP contribution >= 0.6 is 17.0 Å². The van der Waals surface area contributed by atoms with E-state index in [-0.39, 0.29) is 17.0 Å². The molecule has 0 bridgehead atoms. The number of fused-ring (bicyclic) bond motifs is 2. The van der Waals surface area contributed by atoms with Gasteiger partial charge in [-0.15, -0.1) is 17.0 Å². The Bertz CT molecular complexity index is 462. The number of para-hydroxylation sites is 2. The van der Waals surface area contributed by atoms with Gasteiger partial charge in [-0.3, -0.25) is 0 Å². The van der Waals surface area contributed by atoms with Crippen LogP contribution in [0.5, 0.6) is 0 Å². The molecule has 1 heterocycles. The Morgan fingerprint density at radius 1 is 0.812 bits per heavy atom. The van der Waals surface area contributed by atoms with E-state index in [0.29, 0.717) is 0 Å². The van der Waals surface area contributed by atoms with E-state index in [1.807, 2.05) is 0 Å². The molecule has 2 aromatic carbocycles. The second-order valence-corrected chi connectivity index (χ2v) is 3.99. The summed E-state index contributed by atoms with van der Waals surface area (Å²) >= 11 is 0. The minimum absolute atomic E-state index is 0. The van der Waals surface area contributed by atoms with Crippen molar-refractivity contribution in [3.05, 3.63) is 59.7 Å². The first-order valence-corrected chi connectivity index (χ1v) is 5.26. The zero-order chi connectivity index (χ0) is 10.3. The monoisotopic (exact) mass is 275 g/mol. The zero-order valence-electron chi connectivity index (χ0n) is 9.18. The van der Waals surface area contributed by atoms with Crippen molar-refractivity contribution >= 4 is 28.4 Å². The van der Waals surface area contributed by atoms with Gasteiger partial charge in [0.25, 0.3) is 0 Å². The highest BCUT2D eigenvalue weighted by Gasteiger charge is 2.17. The zero-order valence-corrected chi connectivity index (χ0v) is 10.9. The van der Waals surface area contributed by atoms with Crippen molar-refractivity contribution in [1.82, 2.24) is 0 Å². The van der Waals surface area contributed by atoms with Gasteiger partial charge in [0.15, 0.2) is 0 Å². The molecule has 82 valence electrons. The van der Waals surface area contributed by atoms with Crippen molar-refractivity contribution in [3.8, 4) is 0 Å². The van der Waals surface area contributed by atoms with E-state index in [9.17, 15) is 0 Å². The van der Waals surface area contributed by atoms with E-state index in [1.54, 1.807) is 0 Å². The lowest BCUT2D eigenvalue weighted by Crippen LogP contribution is -2.18. The highest BCUT2D eigenvalue weighted by atomic mass is 79.9. The van der Waals surface area contributed by atoms with Crippen LogP contribution in [0.2, 0.25) is 0 Å². The summed E-state index contributed by atoms with van der Waals surface area (Å²) in [5.41, 5.74) is 5.49. The van der Waals surface area contributed by atoms with Crippen molar-refractivity contribution in [2.75, 3.05) is 11.9 Å². The number of nitrogens with zero attached hydrogens (tertiary/aromatic N) is 1. The van der Waals surface area contributed by atoms with Gasteiger partial charge >= 0.3 is 0 Å². The topological polar surface area (TPSA) is 3.24 Å². The van der Waals surface area contributed by atoms with E-state index in [0.717, 1.165) is 6.42 Å².